The van der Waals surface area contributed by atoms with Gasteiger partial charge in [0.1, 0.15) is 5.37 Å². The number of nitrogens with one attached hydrogen (secondary N) is 1. The number of thioether (sulfide) groups is 1. The maximum atomic E-state index is 3.85. The van der Waals surface area contributed by atoms with Gasteiger partial charge in [-0.15, -0.1) is 0 Å². The highest BCUT2D eigenvalue weighted by atomic mass is 32.2. The molecular weight excluding hydrogens is 577 g/mol. The Morgan fingerprint density at radius 1 is 0.609 bits per heavy atom. The highest BCUT2D eigenvalue weighted by molar-refractivity contribution is 8.00. The molecule has 46 heavy (non-hydrogen) atoms. The zero-order valence-corrected chi connectivity index (χ0v) is 26.2. The van der Waals surface area contributed by atoms with Gasteiger partial charge in [-0.1, -0.05) is 121 Å². The lowest BCUT2D eigenvalue weighted by molar-refractivity contribution is 0.985. The maximum Gasteiger partial charge on any atom is 0.103 e. The molecule has 2 aliphatic rings. The van der Waals surface area contributed by atoms with Crippen molar-refractivity contribution < 1.29 is 0 Å². The fraction of sp³-hybridized carbons (Fsp3) is 0.0698. The van der Waals surface area contributed by atoms with Crippen molar-refractivity contribution in [2.75, 3.05) is 10.2 Å². The molecule has 0 saturated heterocycles. The normalized spacial score (nSPS) is 15.0. The Morgan fingerprint density at radius 2 is 1.33 bits per heavy atom. The minimum Gasteiger partial charge on any atom is -0.368 e. The first-order valence-corrected chi connectivity index (χ1v) is 16.9. The van der Waals surface area contributed by atoms with Gasteiger partial charge in [0.15, 0.2) is 0 Å². The Kier molecular flexibility index (Phi) is 6.64. The number of anilines is 4. The Hall–Kier alpha value is -5.25. The Balaban J connectivity index is 1.07. The van der Waals surface area contributed by atoms with Crippen molar-refractivity contribution in [3.63, 3.8) is 0 Å². The largest absolute Gasteiger partial charge is 0.368 e. The highest BCUT2D eigenvalue weighted by Gasteiger charge is 2.25. The average Bonchev–Trinajstić information content (AvgIpc) is 3.57. The molecule has 7 aromatic rings. The lowest BCUT2D eigenvalue weighted by Gasteiger charge is -2.27. The average molecular weight is 609 g/mol. The van der Waals surface area contributed by atoms with Gasteiger partial charge in [0.05, 0.1) is 5.69 Å². The molecule has 0 bridgehead atoms. The zero-order valence-electron chi connectivity index (χ0n) is 25.4. The van der Waals surface area contributed by atoms with Crippen LogP contribution < -0.4 is 10.2 Å². The number of hydrogen-bond donors (Lipinski definition) is 1. The van der Waals surface area contributed by atoms with E-state index in [1.807, 2.05) is 11.8 Å². The van der Waals surface area contributed by atoms with Crippen molar-refractivity contribution in [3.8, 4) is 11.1 Å². The summed E-state index contributed by atoms with van der Waals surface area (Å²) in [5.41, 5.74) is 11.2. The van der Waals surface area contributed by atoms with Crippen LogP contribution in [0, 0.1) is 0 Å². The molecule has 2 nitrogen and oxygen atoms in total. The van der Waals surface area contributed by atoms with Gasteiger partial charge in [0.25, 0.3) is 0 Å². The van der Waals surface area contributed by atoms with Crippen LogP contribution in [0.3, 0.4) is 0 Å². The van der Waals surface area contributed by atoms with Crippen LogP contribution in [0.1, 0.15) is 28.5 Å². The van der Waals surface area contributed by atoms with Crippen molar-refractivity contribution in [2.45, 2.75) is 23.1 Å². The van der Waals surface area contributed by atoms with Gasteiger partial charge in [-0.2, -0.15) is 0 Å². The predicted octanol–water partition coefficient (Wildman–Crippen LogP) is 12.3. The Labute approximate surface area is 274 Å². The second-order valence-electron chi connectivity index (χ2n) is 12.1. The molecule has 0 saturated carbocycles. The molecule has 9 rings (SSSR count). The molecule has 1 N–H and O–H groups in total. The van der Waals surface area contributed by atoms with Crippen LogP contribution in [0.5, 0.6) is 0 Å². The molecule has 1 aliphatic carbocycles. The van der Waals surface area contributed by atoms with Gasteiger partial charge < -0.3 is 10.2 Å². The summed E-state index contributed by atoms with van der Waals surface area (Å²) in [5, 5.41) is 9.19. The van der Waals surface area contributed by atoms with Gasteiger partial charge in [-0.3, -0.25) is 0 Å². The SMILES string of the molecule is C1=Cc2cc(N(c3ccccc3)c3ccc(-c4ccc5c(ccc6ccc7c(c65)NC(c5ccccc5)S7)c4)cc3)ccc2CC1. The van der Waals surface area contributed by atoms with Crippen LogP contribution in [-0.4, -0.2) is 0 Å². The van der Waals surface area contributed by atoms with Gasteiger partial charge in [0.2, 0.25) is 0 Å². The lowest BCUT2D eigenvalue weighted by Crippen LogP contribution is -2.10. The third kappa shape index (κ3) is 4.76. The Bertz CT molecular complexity index is 2260. The van der Waals surface area contributed by atoms with E-state index in [9.17, 15) is 0 Å². The second-order valence-corrected chi connectivity index (χ2v) is 13.3. The molecular formula is C43H32N2S. The summed E-state index contributed by atoms with van der Waals surface area (Å²) in [5.74, 6) is 0. The van der Waals surface area contributed by atoms with Gasteiger partial charge in [-0.05, 0) is 105 Å². The molecule has 1 heterocycles. The molecule has 1 atom stereocenters. The third-order valence-corrected chi connectivity index (χ3v) is 10.5. The summed E-state index contributed by atoms with van der Waals surface area (Å²) >= 11 is 1.90. The van der Waals surface area contributed by atoms with Crippen molar-refractivity contribution >= 4 is 62.1 Å². The molecule has 3 heteroatoms. The number of fused-ring (bicyclic) bond motifs is 6. The van der Waals surface area contributed by atoms with E-state index in [2.05, 4.69) is 168 Å². The molecule has 0 aromatic heterocycles. The summed E-state index contributed by atoms with van der Waals surface area (Å²) in [6.07, 6.45) is 6.78. The second kappa shape index (κ2) is 11.3. The van der Waals surface area contributed by atoms with E-state index in [4.69, 9.17) is 0 Å². The number of rotatable bonds is 5. The summed E-state index contributed by atoms with van der Waals surface area (Å²) in [7, 11) is 0. The summed E-state index contributed by atoms with van der Waals surface area (Å²) < 4.78 is 0. The standard InChI is InChI=1S/C43H32N2S/c1-3-10-32(11-4-1)43-44-42-40(46-43)26-21-31-15-16-35-27-34(20-25-39(35)41(31)42)30-17-22-37(23-18-30)45(36-13-5-2-6-14-36)38-24-19-29-9-7-8-12-33(29)28-38/h1-6,8,10-28,43-44H,7,9H2. The molecule has 0 fully saturated rings. The molecule has 1 unspecified atom stereocenters. The van der Waals surface area contributed by atoms with E-state index < -0.39 is 0 Å². The molecule has 0 spiro atoms. The monoisotopic (exact) mass is 608 g/mol. The van der Waals surface area contributed by atoms with E-state index in [0.717, 1.165) is 24.2 Å². The van der Waals surface area contributed by atoms with Gasteiger partial charge >= 0.3 is 0 Å². The van der Waals surface area contributed by atoms with E-state index in [-0.39, 0.29) is 5.37 Å². The fourth-order valence-electron chi connectivity index (χ4n) is 7.00. The van der Waals surface area contributed by atoms with Crippen LogP contribution in [0.2, 0.25) is 0 Å². The van der Waals surface area contributed by atoms with Crippen molar-refractivity contribution in [1.29, 1.82) is 0 Å². The van der Waals surface area contributed by atoms with Crippen LogP contribution in [0.15, 0.2) is 157 Å². The van der Waals surface area contributed by atoms with E-state index in [1.165, 1.54) is 65.6 Å². The van der Waals surface area contributed by atoms with E-state index >= 15 is 0 Å². The first kappa shape index (κ1) is 27.1. The zero-order chi connectivity index (χ0) is 30.5. The maximum absolute atomic E-state index is 3.85. The summed E-state index contributed by atoms with van der Waals surface area (Å²) in [4.78, 5) is 3.67. The van der Waals surface area contributed by atoms with Crippen LogP contribution in [0.25, 0.3) is 38.7 Å². The van der Waals surface area contributed by atoms with Gasteiger partial charge in [0, 0.05) is 27.3 Å². The lowest BCUT2D eigenvalue weighted by atomic mass is 9.96. The van der Waals surface area contributed by atoms with Crippen molar-refractivity contribution in [1.82, 2.24) is 0 Å². The van der Waals surface area contributed by atoms with E-state index in [1.54, 1.807) is 0 Å². The number of benzene rings is 7. The smallest absolute Gasteiger partial charge is 0.103 e. The highest BCUT2D eigenvalue weighted by Crippen LogP contribution is 2.50. The minimum absolute atomic E-state index is 0.225. The van der Waals surface area contributed by atoms with E-state index in [0.29, 0.717) is 0 Å². The fourth-order valence-corrected chi connectivity index (χ4v) is 8.15. The van der Waals surface area contributed by atoms with Crippen LogP contribution in [0.4, 0.5) is 22.7 Å². The third-order valence-electron chi connectivity index (χ3n) is 9.32. The van der Waals surface area contributed by atoms with Crippen LogP contribution >= 0.6 is 11.8 Å². The molecule has 0 amide bonds. The topological polar surface area (TPSA) is 15.3 Å². The molecule has 0 radical (unpaired) electrons. The Morgan fingerprint density at radius 3 is 2.17 bits per heavy atom. The molecule has 1 aliphatic heterocycles. The summed E-state index contributed by atoms with van der Waals surface area (Å²) in [6.45, 7) is 0. The summed E-state index contributed by atoms with van der Waals surface area (Å²) in [6, 6.07) is 53.3. The number of para-hydroxylation sites is 1. The number of aryl methyl sites for hydroxylation is 1. The molecule has 220 valence electrons. The molecule has 7 aromatic carbocycles. The number of hydrogen-bond acceptors (Lipinski definition) is 3. The first-order valence-electron chi connectivity index (χ1n) is 16.0. The quantitative estimate of drug-likeness (QED) is 0.196. The minimum atomic E-state index is 0.225. The van der Waals surface area contributed by atoms with Gasteiger partial charge in [-0.25, -0.2) is 0 Å². The number of nitrogens with zero attached hydrogens (tertiary/aromatic N) is 1. The predicted molar refractivity (Wildman–Crippen MR) is 198 cm³/mol. The first-order chi connectivity index (χ1) is 22.8. The van der Waals surface area contributed by atoms with Crippen molar-refractivity contribution in [2.24, 2.45) is 0 Å². The van der Waals surface area contributed by atoms with Crippen molar-refractivity contribution in [3.05, 3.63) is 168 Å². The van der Waals surface area contributed by atoms with Crippen LogP contribution in [-0.2, 0) is 6.42 Å². The number of allylic oxidation sites excluding steroid dienone is 1.